The van der Waals surface area contributed by atoms with Gasteiger partial charge < -0.3 is 10.0 Å². The van der Waals surface area contributed by atoms with E-state index in [4.69, 9.17) is 5.11 Å². The monoisotopic (exact) mass is 233 g/mol. The van der Waals surface area contributed by atoms with Crippen LogP contribution in [-0.4, -0.2) is 33.9 Å². The van der Waals surface area contributed by atoms with E-state index < -0.39 is 5.97 Å². The van der Waals surface area contributed by atoms with Gasteiger partial charge in [-0.3, -0.25) is 0 Å². The lowest BCUT2D eigenvalue weighted by Crippen LogP contribution is -2.29. The SMILES string of the molecule is O=C(O)c1ccc(N(CC2CC2)C2CC2)nn1. The lowest BCUT2D eigenvalue weighted by atomic mass is 10.3. The smallest absolute Gasteiger partial charge is 0.356 e. The molecule has 2 aliphatic rings. The molecule has 0 aliphatic heterocycles. The van der Waals surface area contributed by atoms with Crippen molar-refractivity contribution in [2.45, 2.75) is 31.7 Å². The van der Waals surface area contributed by atoms with Gasteiger partial charge in [-0.05, 0) is 43.7 Å². The van der Waals surface area contributed by atoms with Crippen molar-refractivity contribution in [2.75, 3.05) is 11.4 Å². The molecule has 5 heteroatoms. The molecule has 5 nitrogen and oxygen atoms in total. The zero-order chi connectivity index (χ0) is 11.8. The summed E-state index contributed by atoms with van der Waals surface area (Å²) in [7, 11) is 0. The van der Waals surface area contributed by atoms with E-state index in [2.05, 4.69) is 15.1 Å². The van der Waals surface area contributed by atoms with E-state index in [9.17, 15) is 4.79 Å². The minimum absolute atomic E-state index is 0.0101. The Kier molecular flexibility index (Phi) is 2.46. The van der Waals surface area contributed by atoms with Gasteiger partial charge in [0, 0.05) is 12.6 Å². The molecule has 2 saturated carbocycles. The van der Waals surface area contributed by atoms with Crippen LogP contribution in [0.5, 0.6) is 0 Å². The van der Waals surface area contributed by atoms with Crippen molar-refractivity contribution >= 4 is 11.8 Å². The highest BCUT2D eigenvalue weighted by Gasteiger charge is 2.34. The van der Waals surface area contributed by atoms with Crippen LogP contribution in [0.3, 0.4) is 0 Å². The molecular weight excluding hydrogens is 218 g/mol. The minimum atomic E-state index is -1.02. The zero-order valence-corrected chi connectivity index (χ0v) is 9.54. The van der Waals surface area contributed by atoms with E-state index in [1.54, 1.807) is 6.07 Å². The fourth-order valence-corrected chi connectivity index (χ4v) is 1.99. The third-order valence-electron chi connectivity index (χ3n) is 3.30. The molecule has 0 amide bonds. The maximum Gasteiger partial charge on any atom is 0.356 e. The first-order chi connectivity index (χ1) is 8.24. The van der Waals surface area contributed by atoms with Gasteiger partial charge in [-0.25, -0.2) is 4.79 Å². The van der Waals surface area contributed by atoms with Crippen molar-refractivity contribution in [1.29, 1.82) is 0 Å². The van der Waals surface area contributed by atoms with Crippen molar-refractivity contribution in [1.82, 2.24) is 10.2 Å². The van der Waals surface area contributed by atoms with Gasteiger partial charge in [0.25, 0.3) is 0 Å². The normalized spacial score (nSPS) is 19.1. The standard InChI is InChI=1S/C12H15N3O2/c16-12(17)10-5-6-11(14-13-10)15(9-3-4-9)7-8-1-2-8/h5-6,8-9H,1-4,7H2,(H,16,17). The average Bonchev–Trinajstić information content (AvgIpc) is 3.18. The first-order valence-electron chi connectivity index (χ1n) is 6.07. The topological polar surface area (TPSA) is 66.3 Å². The summed E-state index contributed by atoms with van der Waals surface area (Å²) in [4.78, 5) is 13.0. The second-order valence-electron chi connectivity index (χ2n) is 4.91. The van der Waals surface area contributed by atoms with Crippen molar-refractivity contribution in [2.24, 2.45) is 5.92 Å². The Balaban J connectivity index is 1.77. The Hall–Kier alpha value is -1.65. The fraction of sp³-hybridized carbons (Fsp3) is 0.583. The van der Waals surface area contributed by atoms with Gasteiger partial charge >= 0.3 is 5.97 Å². The predicted octanol–water partition coefficient (Wildman–Crippen LogP) is 1.55. The van der Waals surface area contributed by atoms with E-state index in [0.29, 0.717) is 6.04 Å². The molecule has 0 radical (unpaired) electrons. The largest absolute Gasteiger partial charge is 0.476 e. The van der Waals surface area contributed by atoms with Gasteiger partial charge in [-0.1, -0.05) is 0 Å². The number of carbonyl (C=O) groups is 1. The van der Waals surface area contributed by atoms with Crippen LogP contribution in [0.1, 0.15) is 36.2 Å². The first-order valence-corrected chi connectivity index (χ1v) is 6.07. The summed E-state index contributed by atoms with van der Waals surface area (Å²) < 4.78 is 0. The average molecular weight is 233 g/mol. The van der Waals surface area contributed by atoms with E-state index >= 15 is 0 Å². The number of aromatic nitrogens is 2. The maximum atomic E-state index is 10.7. The molecule has 0 atom stereocenters. The number of anilines is 1. The number of hydrogen-bond acceptors (Lipinski definition) is 4. The van der Waals surface area contributed by atoms with E-state index in [1.165, 1.54) is 31.7 Å². The highest BCUT2D eigenvalue weighted by Crippen LogP contribution is 2.36. The highest BCUT2D eigenvalue weighted by molar-refractivity contribution is 5.85. The van der Waals surface area contributed by atoms with Gasteiger partial charge in [-0.15, -0.1) is 10.2 Å². The van der Waals surface area contributed by atoms with Crippen molar-refractivity contribution < 1.29 is 9.90 Å². The number of aromatic carboxylic acids is 1. The molecule has 0 spiro atoms. The third kappa shape index (κ3) is 2.38. The molecule has 0 bridgehead atoms. The molecule has 1 N–H and O–H groups in total. The summed E-state index contributed by atoms with van der Waals surface area (Å²) in [5.74, 6) is 0.602. The summed E-state index contributed by atoms with van der Waals surface area (Å²) in [5, 5.41) is 16.6. The molecule has 2 aliphatic carbocycles. The summed E-state index contributed by atoms with van der Waals surface area (Å²) in [6.45, 7) is 1.05. The molecule has 1 aromatic rings. The number of hydrogen-bond donors (Lipinski definition) is 1. The molecule has 90 valence electrons. The summed E-state index contributed by atoms with van der Waals surface area (Å²) >= 11 is 0. The second-order valence-corrected chi connectivity index (χ2v) is 4.91. The number of nitrogens with zero attached hydrogens (tertiary/aromatic N) is 3. The molecule has 1 aromatic heterocycles. The zero-order valence-electron chi connectivity index (χ0n) is 9.54. The quantitative estimate of drug-likeness (QED) is 0.835. The number of carboxylic acid groups (broad SMARTS) is 1. The van der Waals surface area contributed by atoms with Crippen LogP contribution in [0.15, 0.2) is 12.1 Å². The lowest BCUT2D eigenvalue weighted by molar-refractivity contribution is 0.0689. The van der Waals surface area contributed by atoms with Gasteiger partial charge in [0.1, 0.15) is 0 Å². The second kappa shape index (κ2) is 3.98. The lowest BCUT2D eigenvalue weighted by Gasteiger charge is -2.22. The van der Waals surface area contributed by atoms with Crippen LogP contribution in [0.4, 0.5) is 5.82 Å². The Labute approximate surface area is 99.5 Å². The van der Waals surface area contributed by atoms with Gasteiger partial charge in [0.2, 0.25) is 0 Å². The summed E-state index contributed by atoms with van der Waals surface area (Å²) in [5.41, 5.74) is 0.0101. The van der Waals surface area contributed by atoms with Crippen LogP contribution in [-0.2, 0) is 0 Å². The van der Waals surface area contributed by atoms with Gasteiger partial charge in [0.05, 0.1) is 0 Å². The predicted molar refractivity (Wildman–Crippen MR) is 62.1 cm³/mol. The maximum absolute atomic E-state index is 10.7. The molecule has 2 fully saturated rings. The van der Waals surface area contributed by atoms with Crippen LogP contribution >= 0.6 is 0 Å². The first kappa shape index (κ1) is 10.5. The summed E-state index contributed by atoms with van der Waals surface area (Å²) in [6.07, 6.45) is 5.05. The summed E-state index contributed by atoms with van der Waals surface area (Å²) in [6, 6.07) is 3.91. The molecule has 0 unspecified atom stereocenters. The highest BCUT2D eigenvalue weighted by atomic mass is 16.4. The molecular formula is C12H15N3O2. The van der Waals surface area contributed by atoms with E-state index in [1.807, 2.05) is 0 Å². The van der Waals surface area contributed by atoms with Crippen LogP contribution < -0.4 is 4.90 Å². The molecule has 1 heterocycles. The Morgan fingerprint density at radius 2 is 2.06 bits per heavy atom. The van der Waals surface area contributed by atoms with E-state index in [0.717, 1.165) is 18.3 Å². The van der Waals surface area contributed by atoms with Crippen molar-refractivity contribution in [3.63, 3.8) is 0 Å². The molecule has 0 saturated heterocycles. The molecule has 0 aromatic carbocycles. The van der Waals surface area contributed by atoms with Crippen LogP contribution in [0.25, 0.3) is 0 Å². The third-order valence-corrected chi connectivity index (χ3v) is 3.30. The Morgan fingerprint density at radius 1 is 1.29 bits per heavy atom. The van der Waals surface area contributed by atoms with Crippen LogP contribution in [0.2, 0.25) is 0 Å². The fourth-order valence-electron chi connectivity index (χ4n) is 1.99. The van der Waals surface area contributed by atoms with Gasteiger partial charge in [-0.2, -0.15) is 0 Å². The number of rotatable bonds is 5. The Morgan fingerprint density at radius 3 is 2.53 bits per heavy atom. The Bertz CT molecular complexity index is 424. The van der Waals surface area contributed by atoms with Gasteiger partial charge in [0.15, 0.2) is 11.5 Å². The van der Waals surface area contributed by atoms with Crippen molar-refractivity contribution in [3.05, 3.63) is 17.8 Å². The number of carboxylic acids is 1. The van der Waals surface area contributed by atoms with Crippen molar-refractivity contribution in [3.8, 4) is 0 Å². The van der Waals surface area contributed by atoms with E-state index in [-0.39, 0.29) is 5.69 Å². The van der Waals surface area contributed by atoms with Crippen LogP contribution in [0, 0.1) is 5.92 Å². The molecule has 3 rings (SSSR count). The minimum Gasteiger partial charge on any atom is -0.476 e. The molecule has 17 heavy (non-hydrogen) atoms.